The van der Waals surface area contributed by atoms with Crippen LogP contribution in [-0.4, -0.2) is 45.3 Å². The van der Waals surface area contributed by atoms with Crippen LogP contribution in [0.15, 0.2) is 18.2 Å². The predicted octanol–water partition coefficient (Wildman–Crippen LogP) is 3.16. The molecule has 0 saturated carbocycles. The van der Waals surface area contributed by atoms with Gasteiger partial charge in [-0.2, -0.15) is 13.2 Å². The first kappa shape index (κ1) is 18.9. The van der Waals surface area contributed by atoms with Gasteiger partial charge in [0.05, 0.1) is 12.2 Å². The second-order valence-corrected chi connectivity index (χ2v) is 7.25. The summed E-state index contributed by atoms with van der Waals surface area (Å²) in [6.07, 6.45) is -3.40. The highest BCUT2D eigenvalue weighted by atomic mass is 19.4. The van der Waals surface area contributed by atoms with Gasteiger partial charge in [0.2, 0.25) is 5.82 Å². The van der Waals surface area contributed by atoms with E-state index in [1.54, 1.807) is 21.6 Å². The minimum Gasteiger partial charge on any atom is -0.372 e. The number of ether oxygens (including phenoxy) is 1. The topological polar surface area (TPSA) is 60.2 Å². The highest BCUT2D eigenvalue weighted by molar-refractivity contribution is 5.90. The SMILES string of the molecule is Cc1cccc(C2CCN(C(=O)c3nnc4n3CCOC4)CC2)c1C(F)(F)F. The van der Waals surface area contributed by atoms with Gasteiger partial charge in [0, 0.05) is 19.6 Å². The van der Waals surface area contributed by atoms with Crippen molar-refractivity contribution in [2.24, 2.45) is 0 Å². The smallest absolute Gasteiger partial charge is 0.372 e. The van der Waals surface area contributed by atoms with Gasteiger partial charge in [0.1, 0.15) is 6.61 Å². The number of halogens is 3. The van der Waals surface area contributed by atoms with Crippen molar-refractivity contribution < 1.29 is 22.7 Å². The molecule has 0 aliphatic carbocycles. The molecule has 1 aromatic carbocycles. The summed E-state index contributed by atoms with van der Waals surface area (Å²) in [5.41, 5.74) is 0.0312. The van der Waals surface area contributed by atoms with Crippen molar-refractivity contribution in [3.8, 4) is 0 Å². The summed E-state index contributed by atoms with van der Waals surface area (Å²) < 4.78 is 47.6. The quantitative estimate of drug-likeness (QED) is 0.785. The van der Waals surface area contributed by atoms with E-state index in [9.17, 15) is 18.0 Å². The maximum absolute atomic E-state index is 13.5. The summed E-state index contributed by atoms with van der Waals surface area (Å²) >= 11 is 0. The molecule has 2 aromatic rings. The molecule has 6 nitrogen and oxygen atoms in total. The number of aromatic nitrogens is 3. The van der Waals surface area contributed by atoms with Gasteiger partial charge < -0.3 is 14.2 Å². The highest BCUT2D eigenvalue weighted by Gasteiger charge is 2.38. The van der Waals surface area contributed by atoms with Crippen LogP contribution in [0.25, 0.3) is 0 Å². The van der Waals surface area contributed by atoms with Crippen LogP contribution in [0.4, 0.5) is 13.2 Å². The van der Waals surface area contributed by atoms with Crippen molar-refractivity contribution in [1.29, 1.82) is 0 Å². The lowest BCUT2D eigenvalue weighted by Crippen LogP contribution is -2.40. The summed E-state index contributed by atoms with van der Waals surface area (Å²) in [5.74, 6) is 0.461. The molecule has 1 amide bonds. The van der Waals surface area contributed by atoms with Crippen LogP contribution in [0.3, 0.4) is 0 Å². The molecule has 9 heteroatoms. The average molecular weight is 394 g/mol. The van der Waals surface area contributed by atoms with Crippen LogP contribution in [-0.2, 0) is 24.1 Å². The molecule has 150 valence electrons. The third kappa shape index (κ3) is 3.39. The number of carbonyl (C=O) groups is 1. The molecule has 2 aliphatic heterocycles. The molecule has 1 fully saturated rings. The summed E-state index contributed by atoms with van der Waals surface area (Å²) in [4.78, 5) is 14.5. The number of fused-ring (bicyclic) bond motifs is 1. The average Bonchev–Trinajstić information content (AvgIpc) is 3.10. The Labute approximate surface area is 160 Å². The largest absolute Gasteiger partial charge is 0.416 e. The van der Waals surface area contributed by atoms with E-state index in [4.69, 9.17) is 4.74 Å². The van der Waals surface area contributed by atoms with Crippen LogP contribution in [0.5, 0.6) is 0 Å². The van der Waals surface area contributed by atoms with E-state index in [0.29, 0.717) is 57.1 Å². The van der Waals surface area contributed by atoms with Crippen molar-refractivity contribution in [2.45, 2.75) is 45.0 Å². The minimum absolute atomic E-state index is 0.221. The molecule has 0 atom stereocenters. The monoisotopic (exact) mass is 394 g/mol. The van der Waals surface area contributed by atoms with Crippen molar-refractivity contribution >= 4 is 5.91 Å². The fraction of sp³-hybridized carbons (Fsp3) is 0.526. The van der Waals surface area contributed by atoms with E-state index in [1.165, 1.54) is 13.0 Å². The van der Waals surface area contributed by atoms with E-state index in [0.717, 1.165) is 0 Å². The molecule has 0 bridgehead atoms. The molecule has 0 N–H and O–H groups in total. The van der Waals surface area contributed by atoms with Crippen LogP contribution in [0, 0.1) is 6.92 Å². The number of nitrogens with zero attached hydrogens (tertiary/aromatic N) is 4. The van der Waals surface area contributed by atoms with Gasteiger partial charge in [0.25, 0.3) is 5.91 Å². The fourth-order valence-corrected chi connectivity index (χ4v) is 4.11. The Bertz CT molecular complexity index is 886. The van der Waals surface area contributed by atoms with E-state index in [-0.39, 0.29) is 23.2 Å². The number of aryl methyl sites for hydroxylation is 1. The van der Waals surface area contributed by atoms with Gasteiger partial charge >= 0.3 is 6.18 Å². The third-order valence-electron chi connectivity index (χ3n) is 5.52. The molecule has 3 heterocycles. The lowest BCUT2D eigenvalue weighted by molar-refractivity contribution is -0.139. The lowest BCUT2D eigenvalue weighted by Gasteiger charge is -2.33. The summed E-state index contributed by atoms with van der Waals surface area (Å²) in [6, 6.07) is 4.72. The molecule has 0 spiro atoms. The van der Waals surface area contributed by atoms with E-state index in [2.05, 4.69) is 10.2 Å². The van der Waals surface area contributed by atoms with Gasteiger partial charge in [-0.15, -0.1) is 10.2 Å². The summed E-state index contributed by atoms with van der Waals surface area (Å²) in [7, 11) is 0. The molecule has 0 unspecified atom stereocenters. The summed E-state index contributed by atoms with van der Waals surface area (Å²) in [6.45, 7) is 3.64. The van der Waals surface area contributed by atoms with Crippen LogP contribution in [0.1, 0.15) is 51.9 Å². The van der Waals surface area contributed by atoms with Crippen LogP contribution >= 0.6 is 0 Å². The van der Waals surface area contributed by atoms with Gasteiger partial charge in [-0.3, -0.25) is 4.79 Å². The first-order valence-corrected chi connectivity index (χ1v) is 9.32. The highest BCUT2D eigenvalue weighted by Crippen LogP contribution is 2.40. The number of amides is 1. The number of hydrogen-bond donors (Lipinski definition) is 0. The summed E-state index contributed by atoms with van der Waals surface area (Å²) in [5, 5.41) is 8.00. The molecule has 2 aliphatic rings. The standard InChI is InChI=1S/C19H21F3N4O2/c1-12-3-2-4-14(16(12)19(20,21)22)13-5-7-25(8-6-13)18(27)17-24-23-15-11-28-10-9-26(15)17/h2-4,13H,5-11H2,1H3. The molecule has 1 saturated heterocycles. The Morgan fingerprint density at radius 3 is 2.64 bits per heavy atom. The van der Waals surface area contributed by atoms with Gasteiger partial charge in [-0.25, -0.2) is 0 Å². The van der Waals surface area contributed by atoms with Gasteiger partial charge in [0.15, 0.2) is 5.82 Å². The fourth-order valence-electron chi connectivity index (χ4n) is 4.11. The van der Waals surface area contributed by atoms with Crippen molar-refractivity contribution in [1.82, 2.24) is 19.7 Å². The predicted molar refractivity (Wildman–Crippen MR) is 93.7 cm³/mol. The number of hydrogen-bond acceptors (Lipinski definition) is 4. The zero-order valence-electron chi connectivity index (χ0n) is 15.5. The van der Waals surface area contributed by atoms with Crippen molar-refractivity contribution in [3.05, 3.63) is 46.5 Å². The number of rotatable bonds is 2. The van der Waals surface area contributed by atoms with Crippen molar-refractivity contribution in [3.63, 3.8) is 0 Å². The Morgan fingerprint density at radius 1 is 1.18 bits per heavy atom. The second-order valence-electron chi connectivity index (χ2n) is 7.25. The molecule has 4 rings (SSSR count). The van der Waals surface area contributed by atoms with Crippen LogP contribution in [0.2, 0.25) is 0 Å². The molecule has 1 aromatic heterocycles. The van der Waals surface area contributed by atoms with Crippen molar-refractivity contribution in [2.75, 3.05) is 19.7 Å². The zero-order valence-corrected chi connectivity index (χ0v) is 15.5. The number of piperidine rings is 1. The Morgan fingerprint density at radius 2 is 1.93 bits per heavy atom. The maximum atomic E-state index is 13.5. The zero-order chi connectivity index (χ0) is 19.9. The van der Waals surface area contributed by atoms with Crippen LogP contribution < -0.4 is 0 Å². The number of alkyl halides is 3. The normalized spacial score (nSPS) is 18.2. The number of likely N-dealkylation sites (tertiary alicyclic amines) is 1. The molecular weight excluding hydrogens is 373 g/mol. The first-order valence-electron chi connectivity index (χ1n) is 9.32. The third-order valence-corrected chi connectivity index (χ3v) is 5.52. The number of benzene rings is 1. The van der Waals surface area contributed by atoms with E-state index >= 15 is 0 Å². The maximum Gasteiger partial charge on any atom is 0.416 e. The minimum atomic E-state index is -4.38. The van der Waals surface area contributed by atoms with Gasteiger partial charge in [-0.1, -0.05) is 18.2 Å². The molecule has 28 heavy (non-hydrogen) atoms. The van der Waals surface area contributed by atoms with E-state index in [1.807, 2.05) is 0 Å². The second kappa shape index (κ2) is 7.20. The Kier molecular flexibility index (Phi) is 4.86. The van der Waals surface area contributed by atoms with E-state index < -0.39 is 11.7 Å². The molecule has 0 radical (unpaired) electrons. The Hall–Kier alpha value is -2.42. The number of carbonyl (C=O) groups excluding carboxylic acids is 1. The first-order chi connectivity index (χ1) is 13.4. The van der Waals surface area contributed by atoms with Gasteiger partial charge in [-0.05, 0) is 36.8 Å². The lowest BCUT2D eigenvalue weighted by atomic mass is 9.84. The molecular formula is C19H21F3N4O2. The Balaban J connectivity index is 1.49.